The van der Waals surface area contributed by atoms with Crippen LogP contribution in [0.4, 0.5) is 5.69 Å². The van der Waals surface area contributed by atoms with E-state index in [1.165, 1.54) is 21.7 Å². The van der Waals surface area contributed by atoms with Crippen LogP contribution in [0.3, 0.4) is 0 Å². The van der Waals surface area contributed by atoms with E-state index >= 15 is 0 Å². The Morgan fingerprint density at radius 2 is 1.85 bits per heavy atom. The summed E-state index contributed by atoms with van der Waals surface area (Å²) in [6.45, 7) is 4.17. The third kappa shape index (κ3) is 5.23. The minimum atomic E-state index is -3.70. The summed E-state index contributed by atoms with van der Waals surface area (Å²) in [5.41, 5.74) is 0.429. The molecule has 2 saturated heterocycles. The van der Waals surface area contributed by atoms with Gasteiger partial charge in [-0.15, -0.1) is 11.3 Å². The SMILES string of the molecule is CCOc1ccc(NC(=O)C2CCN(C(=O)c3cccs3)CC2)cc1S(=O)(=O)N1CCCC1. The molecule has 0 spiro atoms. The van der Waals surface area contributed by atoms with Crippen LogP contribution in [0.5, 0.6) is 5.75 Å². The van der Waals surface area contributed by atoms with Crippen molar-refractivity contribution in [3.05, 3.63) is 40.6 Å². The van der Waals surface area contributed by atoms with Crippen molar-refractivity contribution in [1.29, 1.82) is 0 Å². The van der Waals surface area contributed by atoms with E-state index in [1.807, 2.05) is 17.5 Å². The number of anilines is 1. The van der Waals surface area contributed by atoms with Crippen LogP contribution < -0.4 is 10.1 Å². The molecule has 1 aromatic carbocycles. The Balaban J connectivity index is 1.43. The summed E-state index contributed by atoms with van der Waals surface area (Å²) in [5, 5.41) is 4.75. The van der Waals surface area contributed by atoms with Gasteiger partial charge in [-0.3, -0.25) is 9.59 Å². The number of carbonyl (C=O) groups excluding carboxylic acids is 2. The van der Waals surface area contributed by atoms with E-state index in [-0.39, 0.29) is 22.6 Å². The quantitative estimate of drug-likeness (QED) is 0.640. The predicted octanol–water partition coefficient (Wildman–Crippen LogP) is 3.42. The molecule has 2 fully saturated rings. The highest BCUT2D eigenvalue weighted by molar-refractivity contribution is 7.89. The van der Waals surface area contributed by atoms with Gasteiger partial charge in [0.25, 0.3) is 5.91 Å². The van der Waals surface area contributed by atoms with Gasteiger partial charge in [0.1, 0.15) is 10.6 Å². The van der Waals surface area contributed by atoms with Gasteiger partial charge in [-0.2, -0.15) is 4.31 Å². The average molecular weight is 492 g/mol. The first kappa shape index (κ1) is 23.7. The molecule has 0 saturated carbocycles. The molecule has 0 aliphatic carbocycles. The Morgan fingerprint density at radius 3 is 2.48 bits per heavy atom. The van der Waals surface area contributed by atoms with Crippen LogP contribution in [0, 0.1) is 5.92 Å². The third-order valence-electron chi connectivity index (χ3n) is 6.08. The highest BCUT2D eigenvalue weighted by Crippen LogP contribution is 2.32. The number of benzene rings is 1. The maximum atomic E-state index is 13.2. The van der Waals surface area contributed by atoms with Crippen LogP contribution in [0.15, 0.2) is 40.6 Å². The summed E-state index contributed by atoms with van der Waals surface area (Å²) in [7, 11) is -3.70. The topological polar surface area (TPSA) is 96.0 Å². The molecule has 33 heavy (non-hydrogen) atoms. The summed E-state index contributed by atoms with van der Waals surface area (Å²) in [6, 6.07) is 8.43. The van der Waals surface area contributed by atoms with Crippen LogP contribution in [-0.2, 0) is 14.8 Å². The zero-order valence-corrected chi connectivity index (χ0v) is 20.3. The first-order valence-corrected chi connectivity index (χ1v) is 13.6. The number of hydrogen-bond acceptors (Lipinski definition) is 6. The van der Waals surface area contributed by atoms with Gasteiger partial charge in [0.05, 0.1) is 11.5 Å². The van der Waals surface area contributed by atoms with Gasteiger partial charge in [0.15, 0.2) is 0 Å². The summed E-state index contributed by atoms with van der Waals surface area (Å²) in [6.07, 6.45) is 2.82. The molecule has 1 aromatic heterocycles. The smallest absolute Gasteiger partial charge is 0.263 e. The van der Waals surface area contributed by atoms with Crippen molar-refractivity contribution in [2.45, 2.75) is 37.5 Å². The largest absolute Gasteiger partial charge is 0.492 e. The lowest BCUT2D eigenvalue weighted by atomic mass is 9.95. The van der Waals surface area contributed by atoms with E-state index in [0.29, 0.717) is 61.9 Å². The van der Waals surface area contributed by atoms with Crippen molar-refractivity contribution in [2.75, 3.05) is 38.1 Å². The van der Waals surface area contributed by atoms with Crippen molar-refractivity contribution in [1.82, 2.24) is 9.21 Å². The molecule has 4 rings (SSSR count). The molecule has 2 aromatic rings. The van der Waals surface area contributed by atoms with Crippen molar-refractivity contribution in [2.24, 2.45) is 5.92 Å². The molecule has 8 nitrogen and oxygen atoms in total. The zero-order valence-electron chi connectivity index (χ0n) is 18.7. The van der Waals surface area contributed by atoms with Crippen molar-refractivity contribution in [3.63, 3.8) is 0 Å². The normalized spacial score (nSPS) is 17.8. The van der Waals surface area contributed by atoms with E-state index in [0.717, 1.165) is 12.8 Å². The fraction of sp³-hybridized carbons (Fsp3) is 0.478. The van der Waals surface area contributed by atoms with E-state index < -0.39 is 10.0 Å². The van der Waals surface area contributed by atoms with Crippen LogP contribution in [0.25, 0.3) is 0 Å². The number of sulfonamides is 1. The Morgan fingerprint density at radius 1 is 1.12 bits per heavy atom. The second-order valence-electron chi connectivity index (χ2n) is 8.24. The lowest BCUT2D eigenvalue weighted by Gasteiger charge is -2.31. The molecule has 0 atom stereocenters. The molecule has 3 heterocycles. The van der Waals surface area contributed by atoms with E-state index in [9.17, 15) is 18.0 Å². The minimum absolute atomic E-state index is 0.00660. The summed E-state index contributed by atoms with van der Waals surface area (Å²) in [5.74, 6) is -0.0931. The first-order valence-electron chi connectivity index (χ1n) is 11.3. The fourth-order valence-electron chi connectivity index (χ4n) is 4.27. The molecule has 0 bridgehead atoms. The van der Waals surface area contributed by atoms with Crippen LogP contribution in [-0.4, -0.2) is 62.2 Å². The van der Waals surface area contributed by atoms with E-state index in [2.05, 4.69) is 5.32 Å². The molecule has 0 radical (unpaired) electrons. The molecular formula is C23H29N3O5S2. The molecular weight excluding hydrogens is 462 g/mol. The Hall–Kier alpha value is -2.43. The molecule has 0 unspecified atom stereocenters. The molecule has 1 N–H and O–H groups in total. The first-order chi connectivity index (χ1) is 15.9. The monoisotopic (exact) mass is 491 g/mol. The van der Waals surface area contributed by atoms with Gasteiger partial charge < -0.3 is 15.0 Å². The van der Waals surface area contributed by atoms with Crippen LogP contribution in [0.2, 0.25) is 0 Å². The lowest BCUT2D eigenvalue weighted by molar-refractivity contribution is -0.121. The number of carbonyl (C=O) groups is 2. The Labute approximate surface area is 198 Å². The van der Waals surface area contributed by atoms with Gasteiger partial charge in [0, 0.05) is 37.8 Å². The standard InChI is InChI=1S/C23H29N3O5S2/c1-2-31-19-8-7-18(16-21(19)33(29,30)26-11-3-4-12-26)24-22(27)17-9-13-25(14-10-17)23(28)20-6-5-15-32-20/h5-8,15-17H,2-4,9-14H2,1H3,(H,24,27). The van der Waals surface area contributed by atoms with Crippen LogP contribution in [0.1, 0.15) is 42.3 Å². The molecule has 2 aliphatic rings. The summed E-state index contributed by atoms with van der Waals surface area (Å²) >= 11 is 1.42. The predicted molar refractivity (Wildman–Crippen MR) is 127 cm³/mol. The number of nitrogens with one attached hydrogen (secondary N) is 1. The van der Waals surface area contributed by atoms with E-state index in [1.54, 1.807) is 24.0 Å². The van der Waals surface area contributed by atoms with Crippen molar-refractivity contribution >= 4 is 38.9 Å². The lowest BCUT2D eigenvalue weighted by Crippen LogP contribution is -2.41. The number of nitrogens with zero attached hydrogens (tertiary/aromatic N) is 2. The number of rotatable bonds is 7. The number of hydrogen-bond donors (Lipinski definition) is 1. The van der Waals surface area contributed by atoms with Gasteiger partial charge in [-0.1, -0.05) is 6.07 Å². The molecule has 178 valence electrons. The number of amides is 2. The molecule has 2 amide bonds. The van der Waals surface area contributed by atoms with Crippen LogP contribution >= 0.6 is 11.3 Å². The minimum Gasteiger partial charge on any atom is -0.492 e. The van der Waals surface area contributed by atoms with Gasteiger partial charge >= 0.3 is 0 Å². The van der Waals surface area contributed by atoms with Gasteiger partial charge in [-0.25, -0.2) is 8.42 Å². The van der Waals surface area contributed by atoms with Gasteiger partial charge in [0.2, 0.25) is 15.9 Å². The Bertz CT molecular complexity index is 1090. The van der Waals surface area contributed by atoms with Crippen molar-refractivity contribution < 1.29 is 22.7 Å². The van der Waals surface area contributed by atoms with E-state index in [4.69, 9.17) is 4.74 Å². The second kappa shape index (κ2) is 10.2. The summed E-state index contributed by atoms with van der Waals surface area (Å²) < 4.78 is 33.4. The van der Waals surface area contributed by atoms with Crippen molar-refractivity contribution in [3.8, 4) is 5.75 Å². The van der Waals surface area contributed by atoms with Gasteiger partial charge in [-0.05, 0) is 62.3 Å². The maximum Gasteiger partial charge on any atom is 0.263 e. The highest BCUT2D eigenvalue weighted by atomic mass is 32.2. The molecule has 10 heteroatoms. The average Bonchev–Trinajstić information content (AvgIpc) is 3.54. The maximum absolute atomic E-state index is 13.2. The molecule has 2 aliphatic heterocycles. The number of likely N-dealkylation sites (tertiary alicyclic amines) is 1. The fourth-order valence-corrected chi connectivity index (χ4v) is 6.64. The highest BCUT2D eigenvalue weighted by Gasteiger charge is 2.31. The number of piperidine rings is 1. The number of thiophene rings is 1. The number of ether oxygens (including phenoxy) is 1. The Kier molecular flexibility index (Phi) is 7.35. The summed E-state index contributed by atoms with van der Waals surface area (Å²) in [4.78, 5) is 28.0. The third-order valence-corrected chi connectivity index (χ3v) is 8.86. The zero-order chi connectivity index (χ0) is 23.4. The second-order valence-corrected chi connectivity index (χ2v) is 11.1.